The van der Waals surface area contributed by atoms with E-state index >= 15 is 0 Å². The van der Waals surface area contributed by atoms with Gasteiger partial charge < -0.3 is 45.5 Å². The molecule has 1 aromatic rings. The van der Waals surface area contributed by atoms with Gasteiger partial charge >= 0.3 is 6.18 Å². The highest BCUT2D eigenvalue weighted by Gasteiger charge is 2.51. The van der Waals surface area contributed by atoms with Crippen LogP contribution in [0.4, 0.5) is 30.5 Å². The van der Waals surface area contributed by atoms with E-state index in [2.05, 4.69) is 20.0 Å². The number of alkyl halides is 3. The van der Waals surface area contributed by atoms with Crippen LogP contribution in [0.25, 0.3) is 0 Å². The van der Waals surface area contributed by atoms with Crippen molar-refractivity contribution in [1.82, 2.24) is 9.97 Å². The van der Waals surface area contributed by atoms with Crippen LogP contribution in [0.3, 0.4) is 0 Å². The summed E-state index contributed by atoms with van der Waals surface area (Å²) in [5, 5.41) is 32.9. The molecule has 2 aliphatic rings. The van der Waals surface area contributed by atoms with Crippen molar-refractivity contribution in [2.24, 2.45) is 0 Å². The lowest BCUT2D eigenvalue weighted by atomic mass is 10.1. The predicted octanol–water partition coefficient (Wildman–Crippen LogP) is -0.180. The highest BCUT2D eigenvalue weighted by Crippen LogP contribution is 2.41. The van der Waals surface area contributed by atoms with Crippen LogP contribution in [0.15, 0.2) is 6.33 Å². The fourth-order valence-corrected chi connectivity index (χ4v) is 3.46. The fourth-order valence-electron chi connectivity index (χ4n) is 3.46. The van der Waals surface area contributed by atoms with Gasteiger partial charge in [-0.1, -0.05) is 0 Å². The van der Waals surface area contributed by atoms with E-state index in [4.69, 9.17) is 15.2 Å². The summed E-state index contributed by atoms with van der Waals surface area (Å²) in [6.45, 7) is -0.390. The first-order chi connectivity index (χ1) is 15.2. The van der Waals surface area contributed by atoms with Gasteiger partial charge in [0.25, 0.3) is 0 Å². The second kappa shape index (κ2) is 10.3. The molecule has 5 unspecified atom stereocenters. The minimum absolute atomic E-state index is 0.0474. The van der Waals surface area contributed by atoms with Gasteiger partial charge in [-0.15, -0.1) is 0 Å². The van der Waals surface area contributed by atoms with Gasteiger partial charge in [0.2, 0.25) is 0 Å². The number of anilines is 3. The van der Waals surface area contributed by atoms with E-state index in [0.717, 1.165) is 12.8 Å². The maximum absolute atomic E-state index is 12.3. The number of aromatic nitrogens is 2. The lowest BCUT2D eigenvalue weighted by Crippen LogP contribution is -2.48. The van der Waals surface area contributed by atoms with Gasteiger partial charge in [-0.2, -0.15) is 13.2 Å². The number of nitrogens with two attached hydrogens (primary N) is 1. The smallest absolute Gasteiger partial charge is 0.394 e. The number of halogens is 3. The Hall–Kier alpha value is -1.97. The van der Waals surface area contributed by atoms with E-state index < -0.39 is 56.8 Å². The number of rotatable bonds is 11. The number of hydrogen-bond donors (Lipinski definition) is 5. The van der Waals surface area contributed by atoms with Crippen molar-refractivity contribution in [2.45, 2.75) is 62.8 Å². The third-order valence-electron chi connectivity index (χ3n) is 5.03. The zero-order valence-electron chi connectivity index (χ0n) is 17.4. The monoisotopic (exact) mass is 467 g/mol. The number of aliphatic hydroxyl groups excluding tert-OH is 3. The molecule has 32 heavy (non-hydrogen) atoms. The van der Waals surface area contributed by atoms with Crippen molar-refractivity contribution in [1.29, 1.82) is 0 Å². The van der Waals surface area contributed by atoms with Gasteiger partial charge in [-0.05, 0) is 19.8 Å². The van der Waals surface area contributed by atoms with Crippen LogP contribution < -0.4 is 16.0 Å². The summed E-state index contributed by atoms with van der Waals surface area (Å²) < 4.78 is 52.5. The molecule has 1 saturated heterocycles. The average molecular weight is 467 g/mol. The van der Waals surface area contributed by atoms with Gasteiger partial charge in [0.05, 0.1) is 13.2 Å². The quantitative estimate of drug-likeness (QED) is 0.275. The number of nitrogens with one attached hydrogen (secondary N) is 1. The Balaban J connectivity index is 1.80. The van der Waals surface area contributed by atoms with E-state index in [1.54, 1.807) is 4.90 Å². The molecule has 0 radical (unpaired) electrons. The molecule has 182 valence electrons. The number of hydrogen-bond acceptors (Lipinski definition) is 11. The third-order valence-corrected chi connectivity index (χ3v) is 5.03. The van der Waals surface area contributed by atoms with Gasteiger partial charge in [0, 0.05) is 12.6 Å². The Morgan fingerprint density at radius 3 is 2.69 bits per heavy atom. The summed E-state index contributed by atoms with van der Waals surface area (Å²) in [5.74, 6) is 0.741. The van der Waals surface area contributed by atoms with E-state index in [1.807, 2.05) is 6.92 Å². The number of nitrogens with zero attached hydrogens (tertiary/aromatic N) is 3. The van der Waals surface area contributed by atoms with Crippen molar-refractivity contribution < 1.29 is 42.7 Å². The summed E-state index contributed by atoms with van der Waals surface area (Å²) in [6, 6.07) is -0.0474. The van der Waals surface area contributed by atoms with Crippen molar-refractivity contribution in [3.8, 4) is 0 Å². The van der Waals surface area contributed by atoms with Gasteiger partial charge in [-0.25, -0.2) is 9.97 Å². The van der Waals surface area contributed by atoms with Crippen LogP contribution in [0, 0.1) is 0 Å². The standard InChI is InChI=1S/C18H28F3N5O6/c1-2-23-15-12(22)16(25-8-24-15)26(9-3-4-9)17-14(13(29)10(5-27)32-17)30-6-11(28)31-7-18(19,20)21/h8-11,13-14,17,27-29H,2-7,22H2,1H3,(H,23,24,25). The molecule has 2 fully saturated rings. The summed E-state index contributed by atoms with van der Waals surface area (Å²) in [5.41, 5.74) is 6.50. The summed E-state index contributed by atoms with van der Waals surface area (Å²) in [4.78, 5) is 10.1. The lowest BCUT2D eigenvalue weighted by molar-refractivity contribution is -0.232. The van der Waals surface area contributed by atoms with Crippen LogP contribution in [-0.2, 0) is 14.2 Å². The highest BCUT2D eigenvalue weighted by atomic mass is 19.4. The molecule has 0 aromatic carbocycles. The first-order valence-electron chi connectivity index (χ1n) is 10.2. The second-order valence-corrected chi connectivity index (χ2v) is 7.55. The van der Waals surface area contributed by atoms with Crippen molar-refractivity contribution in [3.63, 3.8) is 0 Å². The normalized spacial score (nSPS) is 26.8. The molecule has 5 atom stereocenters. The molecule has 0 amide bonds. The van der Waals surface area contributed by atoms with Crippen molar-refractivity contribution in [3.05, 3.63) is 6.33 Å². The van der Waals surface area contributed by atoms with Gasteiger partial charge in [0.1, 0.15) is 36.9 Å². The zero-order valence-corrected chi connectivity index (χ0v) is 17.4. The summed E-state index contributed by atoms with van der Waals surface area (Å²) in [6.07, 6.45) is -8.06. The molecule has 0 spiro atoms. The molecule has 1 aliphatic carbocycles. The molecular formula is C18H28F3N5O6. The molecule has 14 heteroatoms. The van der Waals surface area contributed by atoms with E-state index in [1.165, 1.54) is 6.33 Å². The second-order valence-electron chi connectivity index (χ2n) is 7.55. The largest absolute Gasteiger partial charge is 0.411 e. The van der Waals surface area contributed by atoms with Crippen molar-refractivity contribution >= 4 is 17.3 Å². The maximum atomic E-state index is 12.3. The summed E-state index contributed by atoms with van der Waals surface area (Å²) >= 11 is 0. The Bertz CT molecular complexity index is 756. The Morgan fingerprint density at radius 1 is 1.38 bits per heavy atom. The fraction of sp³-hybridized carbons (Fsp3) is 0.778. The topological polar surface area (TPSA) is 155 Å². The molecule has 1 aromatic heterocycles. The van der Waals surface area contributed by atoms with Gasteiger partial charge in [0.15, 0.2) is 24.2 Å². The van der Waals surface area contributed by atoms with Gasteiger partial charge in [-0.3, -0.25) is 0 Å². The number of nitrogen functional groups attached to an aromatic ring is 1. The molecular weight excluding hydrogens is 439 g/mol. The summed E-state index contributed by atoms with van der Waals surface area (Å²) in [7, 11) is 0. The average Bonchev–Trinajstić information content (AvgIpc) is 3.52. The third kappa shape index (κ3) is 5.88. The van der Waals surface area contributed by atoms with Crippen LogP contribution in [0.5, 0.6) is 0 Å². The molecule has 6 N–H and O–H groups in total. The van der Waals surface area contributed by atoms with Crippen LogP contribution >= 0.6 is 0 Å². The lowest BCUT2D eigenvalue weighted by Gasteiger charge is -2.34. The van der Waals surface area contributed by atoms with Crippen LogP contribution in [-0.4, -0.2) is 94.7 Å². The number of ether oxygens (including phenoxy) is 3. The molecule has 3 rings (SSSR count). The molecule has 0 bridgehead atoms. The zero-order chi connectivity index (χ0) is 23.5. The van der Waals surface area contributed by atoms with E-state index in [0.29, 0.717) is 18.2 Å². The molecule has 11 nitrogen and oxygen atoms in total. The Morgan fingerprint density at radius 2 is 2.09 bits per heavy atom. The van der Waals surface area contributed by atoms with Crippen molar-refractivity contribution in [2.75, 3.05) is 42.3 Å². The SMILES string of the molecule is CCNc1ncnc(N(C2CC2)C2OC(CO)C(O)C2OCC(O)OCC(F)(F)F)c1N. The molecule has 1 aliphatic heterocycles. The first kappa shape index (κ1) is 24.7. The minimum atomic E-state index is -4.61. The van der Waals surface area contributed by atoms with E-state index in [-0.39, 0.29) is 11.7 Å². The first-order valence-corrected chi connectivity index (χ1v) is 10.2. The maximum Gasteiger partial charge on any atom is 0.411 e. The van der Waals surface area contributed by atoms with Crippen LogP contribution in [0.1, 0.15) is 19.8 Å². The molecule has 2 heterocycles. The molecule has 1 saturated carbocycles. The van der Waals surface area contributed by atoms with E-state index in [9.17, 15) is 28.5 Å². The van der Waals surface area contributed by atoms with Crippen LogP contribution in [0.2, 0.25) is 0 Å². The predicted molar refractivity (Wildman–Crippen MR) is 106 cm³/mol. The number of aliphatic hydroxyl groups is 3. The minimum Gasteiger partial charge on any atom is -0.394 e. The Kier molecular flexibility index (Phi) is 7.95. The highest BCUT2D eigenvalue weighted by molar-refractivity contribution is 5.75. The Labute approximate surface area is 182 Å².